The molecule has 1 aliphatic carbocycles. The summed E-state index contributed by atoms with van der Waals surface area (Å²) in [6, 6.07) is 9.22. The van der Waals surface area contributed by atoms with Crippen LogP contribution in [0.2, 0.25) is 0 Å². The summed E-state index contributed by atoms with van der Waals surface area (Å²) in [4.78, 5) is 34.1. The molecule has 2 aromatic heterocycles. The van der Waals surface area contributed by atoms with E-state index in [1.165, 1.54) is 89.5 Å². The van der Waals surface area contributed by atoms with Crippen molar-refractivity contribution in [2.45, 2.75) is 83.2 Å². The van der Waals surface area contributed by atoms with E-state index in [2.05, 4.69) is 41.9 Å². The largest absolute Gasteiger partial charge is 0.349 e. The molecule has 2 N–H and O–H groups in total. The van der Waals surface area contributed by atoms with Crippen molar-refractivity contribution in [1.82, 2.24) is 29.7 Å². The van der Waals surface area contributed by atoms with Crippen LogP contribution in [0.25, 0.3) is 0 Å². The Morgan fingerprint density at radius 1 is 0.872 bits per heavy atom. The number of benzene rings is 1. The number of carbonyl (C=O) groups is 1. The lowest BCUT2D eigenvalue weighted by atomic mass is 9.73. The number of nitrogens with zero attached hydrogens (tertiary/aromatic N) is 4. The highest BCUT2D eigenvalue weighted by molar-refractivity contribution is 5.98. The number of nitrogens with one attached hydrogen (secondary N) is 2. The normalized spacial score (nSPS) is 23.5. The van der Waals surface area contributed by atoms with Crippen LogP contribution >= 0.6 is 0 Å². The molecule has 1 atom stereocenters. The number of aromatic amines is 2. The zero-order valence-corrected chi connectivity index (χ0v) is 23.3. The number of H-pyrrole nitrogens is 2. The predicted octanol–water partition coefficient (Wildman–Crippen LogP) is 5.43. The first kappa shape index (κ1) is 26.5. The van der Waals surface area contributed by atoms with Gasteiger partial charge in [-0.25, -0.2) is 9.97 Å². The average molecular weight is 529 g/mol. The molecule has 2 saturated heterocycles. The van der Waals surface area contributed by atoms with Crippen LogP contribution in [0, 0.1) is 11.3 Å². The molecule has 3 aliphatic rings. The Bertz CT molecular complexity index is 1130. The summed E-state index contributed by atoms with van der Waals surface area (Å²) in [5.41, 5.74) is 2.54. The van der Waals surface area contributed by atoms with E-state index >= 15 is 0 Å². The molecule has 1 spiro atoms. The smallest absolute Gasteiger partial charge is 0.166 e. The Hall–Kier alpha value is -2.77. The van der Waals surface area contributed by atoms with Crippen LogP contribution in [0.1, 0.15) is 85.4 Å². The van der Waals surface area contributed by atoms with E-state index in [4.69, 9.17) is 0 Å². The standard InChI is InChI=1S/C32H44N6O/c39-31(27(20-29-33-14-15-34-29)21-30-35-16-17-36-30)26-10-8-25(9-11-26)22-37-18-4-12-32(23-37)13-5-19-38(24-32)28-6-2-1-3-7-28/h8-11,14-17,27-28H,1-7,12-13,18-24H2,(H,33,34)(H,35,36). The maximum absolute atomic E-state index is 13.6. The van der Waals surface area contributed by atoms with E-state index in [1.54, 1.807) is 12.4 Å². The molecule has 208 valence electrons. The third-order valence-electron chi connectivity index (χ3n) is 9.53. The van der Waals surface area contributed by atoms with Crippen molar-refractivity contribution in [2.24, 2.45) is 11.3 Å². The van der Waals surface area contributed by atoms with Gasteiger partial charge < -0.3 is 9.97 Å². The van der Waals surface area contributed by atoms with E-state index in [0.717, 1.165) is 29.8 Å². The van der Waals surface area contributed by atoms with E-state index in [0.29, 0.717) is 18.3 Å². The molecule has 1 unspecified atom stereocenters. The summed E-state index contributed by atoms with van der Waals surface area (Å²) >= 11 is 0. The van der Waals surface area contributed by atoms with E-state index < -0.39 is 0 Å². The second kappa shape index (κ2) is 12.2. The Morgan fingerprint density at radius 2 is 1.54 bits per heavy atom. The number of ketones is 1. The number of piperidine rings is 2. The zero-order valence-electron chi connectivity index (χ0n) is 23.3. The van der Waals surface area contributed by atoms with Crippen molar-refractivity contribution in [3.05, 3.63) is 71.8 Å². The van der Waals surface area contributed by atoms with Crippen molar-refractivity contribution >= 4 is 5.78 Å². The Morgan fingerprint density at radius 3 is 2.18 bits per heavy atom. The number of aromatic nitrogens is 4. The van der Waals surface area contributed by atoms with Gasteiger partial charge in [-0.3, -0.25) is 14.6 Å². The highest BCUT2D eigenvalue weighted by Crippen LogP contribution is 2.40. The van der Waals surface area contributed by atoms with Crippen LogP contribution in [-0.4, -0.2) is 67.7 Å². The summed E-state index contributed by atoms with van der Waals surface area (Å²) in [5, 5.41) is 0. The molecular weight excluding hydrogens is 484 g/mol. The number of hydrogen-bond donors (Lipinski definition) is 2. The third-order valence-corrected chi connectivity index (χ3v) is 9.53. The van der Waals surface area contributed by atoms with Crippen LogP contribution in [0.15, 0.2) is 49.1 Å². The molecule has 39 heavy (non-hydrogen) atoms. The molecule has 7 nitrogen and oxygen atoms in total. The Labute approximate surface area is 232 Å². The zero-order chi connectivity index (χ0) is 26.5. The summed E-state index contributed by atoms with van der Waals surface area (Å²) < 4.78 is 0. The molecular formula is C32H44N6O. The molecule has 1 aromatic carbocycles. The van der Waals surface area contributed by atoms with Gasteiger partial charge in [-0.05, 0) is 62.6 Å². The molecule has 0 amide bonds. The minimum Gasteiger partial charge on any atom is -0.349 e. The fourth-order valence-corrected chi connectivity index (χ4v) is 7.59. The topological polar surface area (TPSA) is 80.9 Å². The second-order valence-corrected chi connectivity index (χ2v) is 12.4. The molecule has 6 rings (SSSR count). The molecule has 0 bridgehead atoms. The lowest BCUT2D eigenvalue weighted by molar-refractivity contribution is -0.0116. The van der Waals surface area contributed by atoms with Gasteiger partial charge in [-0.2, -0.15) is 0 Å². The minimum absolute atomic E-state index is 0.149. The van der Waals surface area contributed by atoms with Crippen molar-refractivity contribution in [3.8, 4) is 0 Å². The van der Waals surface area contributed by atoms with Crippen molar-refractivity contribution in [2.75, 3.05) is 26.2 Å². The Balaban J connectivity index is 1.08. The van der Waals surface area contributed by atoms with Gasteiger partial charge in [0.2, 0.25) is 0 Å². The summed E-state index contributed by atoms with van der Waals surface area (Å²) in [6.07, 6.45) is 20.8. The maximum Gasteiger partial charge on any atom is 0.166 e. The third kappa shape index (κ3) is 6.52. The molecule has 3 aromatic rings. The van der Waals surface area contributed by atoms with Gasteiger partial charge in [-0.1, -0.05) is 43.5 Å². The number of rotatable bonds is 9. The van der Waals surface area contributed by atoms with Crippen LogP contribution < -0.4 is 0 Å². The van der Waals surface area contributed by atoms with Crippen LogP contribution in [-0.2, 0) is 19.4 Å². The fourth-order valence-electron chi connectivity index (χ4n) is 7.59. The minimum atomic E-state index is -0.214. The van der Waals surface area contributed by atoms with Gasteiger partial charge in [0.15, 0.2) is 5.78 Å². The van der Waals surface area contributed by atoms with E-state index in [1.807, 2.05) is 24.5 Å². The molecule has 7 heteroatoms. The highest BCUT2D eigenvalue weighted by atomic mass is 16.1. The molecule has 2 aliphatic heterocycles. The van der Waals surface area contributed by atoms with Crippen molar-refractivity contribution in [3.63, 3.8) is 0 Å². The van der Waals surface area contributed by atoms with Gasteiger partial charge >= 0.3 is 0 Å². The fraction of sp³-hybridized carbons (Fsp3) is 0.594. The van der Waals surface area contributed by atoms with Gasteiger partial charge in [0.25, 0.3) is 0 Å². The van der Waals surface area contributed by atoms with E-state index in [-0.39, 0.29) is 11.7 Å². The van der Waals surface area contributed by atoms with Gasteiger partial charge in [-0.15, -0.1) is 0 Å². The monoisotopic (exact) mass is 528 g/mol. The van der Waals surface area contributed by atoms with Crippen molar-refractivity contribution in [1.29, 1.82) is 0 Å². The first-order chi connectivity index (χ1) is 19.2. The van der Waals surface area contributed by atoms with Crippen LogP contribution in [0.3, 0.4) is 0 Å². The predicted molar refractivity (Wildman–Crippen MR) is 153 cm³/mol. The second-order valence-electron chi connectivity index (χ2n) is 12.4. The number of carbonyl (C=O) groups excluding carboxylic acids is 1. The number of hydrogen-bond acceptors (Lipinski definition) is 5. The molecule has 1 saturated carbocycles. The molecule has 4 heterocycles. The Kier molecular flexibility index (Phi) is 8.26. The van der Waals surface area contributed by atoms with Gasteiger partial charge in [0.1, 0.15) is 11.6 Å². The van der Waals surface area contributed by atoms with Crippen LogP contribution in [0.4, 0.5) is 0 Å². The van der Waals surface area contributed by atoms with Crippen molar-refractivity contribution < 1.29 is 4.79 Å². The maximum atomic E-state index is 13.6. The van der Waals surface area contributed by atoms with Crippen LogP contribution in [0.5, 0.6) is 0 Å². The van der Waals surface area contributed by atoms with Gasteiger partial charge in [0.05, 0.1) is 0 Å². The number of likely N-dealkylation sites (tertiary alicyclic amines) is 2. The first-order valence-electron chi connectivity index (χ1n) is 15.2. The van der Waals surface area contributed by atoms with Gasteiger partial charge in [0, 0.05) is 74.8 Å². The molecule has 3 fully saturated rings. The van der Waals surface area contributed by atoms with E-state index in [9.17, 15) is 4.79 Å². The highest BCUT2D eigenvalue weighted by Gasteiger charge is 2.40. The number of Topliss-reactive ketones (excluding diaryl/α,β-unsaturated/α-hetero) is 1. The lowest BCUT2D eigenvalue weighted by Gasteiger charge is -2.51. The first-order valence-corrected chi connectivity index (χ1v) is 15.2. The molecule has 0 radical (unpaired) electrons. The number of imidazole rings is 2. The average Bonchev–Trinajstić information content (AvgIpc) is 3.68. The quantitative estimate of drug-likeness (QED) is 0.362. The summed E-state index contributed by atoms with van der Waals surface area (Å²) in [6.45, 7) is 5.98. The summed E-state index contributed by atoms with van der Waals surface area (Å²) in [7, 11) is 0. The SMILES string of the molecule is O=C(c1ccc(CN2CCCC3(CCCN(C4CCCCC4)C3)C2)cc1)C(Cc1ncc[nH]1)Cc1ncc[nH]1. The summed E-state index contributed by atoms with van der Waals surface area (Å²) in [5.74, 6) is 1.60. The lowest BCUT2D eigenvalue weighted by Crippen LogP contribution is -2.54.